The minimum atomic E-state index is 0.479. The summed E-state index contributed by atoms with van der Waals surface area (Å²) in [7, 11) is 2.15. The largest absolute Gasteiger partial charge is 0.377 e. The van der Waals surface area contributed by atoms with Crippen LogP contribution >= 0.6 is 0 Å². The zero-order chi connectivity index (χ0) is 15.1. The third-order valence-electron chi connectivity index (χ3n) is 5.52. The maximum atomic E-state index is 5.86. The fraction of sp³-hybridized carbons (Fsp3) is 1.00. The van der Waals surface area contributed by atoms with Crippen molar-refractivity contribution < 1.29 is 4.74 Å². The third-order valence-corrected chi connectivity index (χ3v) is 5.52. The summed E-state index contributed by atoms with van der Waals surface area (Å²) in [6.45, 7) is 9.01. The normalized spacial score (nSPS) is 35.0. The van der Waals surface area contributed by atoms with Gasteiger partial charge in [-0.3, -0.25) is 0 Å². The molecule has 0 aromatic heterocycles. The number of nitrogens with one attached hydrogen (secondary N) is 1. The van der Waals surface area contributed by atoms with Gasteiger partial charge in [0.2, 0.25) is 0 Å². The second kappa shape index (κ2) is 9.12. The minimum absolute atomic E-state index is 0.479. The van der Waals surface area contributed by atoms with Gasteiger partial charge < -0.3 is 15.0 Å². The molecule has 1 heterocycles. The van der Waals surface area contributed by atoms with Crippen LogP contribution in [0, 0.1) is 11.8 Å². The Labute approximate surface area is 131 Å². The van der Waals surface area contributed by atoms with E-state index >= 15 is 0 Å². The molecule has 3 nitrogen and oxygen atoms in total. The lowest BCUT2D eigenvalue weighted by Gasteiger charge is -2.41. The summed E-state index contributed by atoms with van der Waals surface area (Å²) in [5.41, 5.74) is 0. The molecule has 0 radical (unpaired) electrons. The van der Waals surface area contributed by atoms with Crippen LogP contribution in [0.4, 0.5) is 0 Å². The van der Waals surface area contributed by atoms with Gasteiger partial charge in [0.1, 0.15) is 0 Å². The van der Waals surface area contributed by atoms with Gasteiger partial charge in [0.15, 0.2) is 0 Å². The van der Waals surface area contributed by atoms with Gasteiger partial charge in [-0.2, -0.15) is 0 Å². The first kappa shape index (κ1) is 17.2. The van der Waals surface area contributed by atoms with Crippen molar-refractivity contribution >= 4 is 0 Å². The molecule has 124 valence electrons. The highest BCUT2D eigenvalue weighted by molar-refractivity contribution is 4.87. The summed E-state index contributed by atoms with van der Waals surface area (Å²) in [4.78, 5) is 2.67. The number of piperidine rings is 1. The van der Waals surface area contributed by atoms with E-state index in [1.54, 1.807) is 0 Å². The van der Waals surface area contributed by atoms with E-state index in [9.17, 15) is 0 Å². The summed E-state index contributed by atoms with van der Waals surface area (Å²) >= 11 is 0. The van der Waals surface area contributed by atoms with Crippen LogP contribution in [-0.2, 0) is 4.74 Å². The Morgan fingerprint density at radius 1 is 1.19 bits per heavy atom. The van der Waals surface area contributed by atoms with Gasteiger partial charge >= 0.3 is 0 Å². The van der Waals surface area contributed by atoms with E-state index in [4.69, 9.17) is 4.74 Å². The number of ether oxygens (including phenoxy) is 1. The van der Waals surface area contributed by atoms with Crippen molar-refractivity contribution in [1.29, 1.82) is 0 Å². The van der Waals surface area contributed by atoms with Crippen molar-refractivity contribution in [2.75, 3.05) is 33.3 Å². The topological polar surface area (TPSA) is 24.5 Å². The van der Waals surface area contributed by atoms with Gasteiger partial charge in [-0.05, 0) is 64.5 Å². The van der Waals surface area contributed by atoms with Crippen molar-refractivity contribution in [3.63, 3.8) is 0 Å². The molecule has 1 saturated heterocycles. The molecule has 21 heavy (non-hydrogen) atoms. The Kier molecular flexibility index (Phi) is 7.48. The Morgan fingerprint density at radius 3 is 2.76 bits per heavy atom. The van der Waals surface area contributed by atoms with E-state index in [1.807, 2.05) is 0 Å². The molecule has 2 fully saturated rings. The fourth-order valence-electron chi connectivity index (χ4n) is 4.50. The summed E-state index contributed by atoms with van der Waals surface area (Å²) in [5.74, 6) is 1.80. The van der Waals surface area contributed by atoms with Gasteiger partial charge in [-0.25, -0.2) is 0 Å². The molecule has 3 heteroatoms. The smallest absolute Gasteiger partial charge is 0.0702 e. The van der Waals surface area contributed by atoms with Crippen molar-refractivity contribution in [3.8, 4) is 0 Å². The van der Waals surface area contributed by atoms with Crippen LogP contribution in [0.3, 0.4) is 0 Å². The first-order valence-corrected chi connectivity index (χ1v) is 9.28. The predicted octanol–water partition coefficient (Wildman–Crippen LogP) is 3.29. The Hall–Kier alpha value is -0.120. The zero-order valence-electron chi connectivity index (χ0n) is 14.4. The van der Waals surface area contributed by atoms with Gasteiger partial charge in [-0.15, -0.1) is 0 Å². The van der Waals surface area contributed by atoms with Crippen LogP contribution in [0.1, 0.15) is 58.8 Å². The molecule has 4 unspecified atom stereocenters. The molecule has 1 aliphatic heterocycles. The maximum Gasteiger partial charge on any atom is 0.0702 e. The van der Waals surface area contributed by atoms with Crippen molar-refractivity contribution in [2.24, 2.45) is 11.8 Å². The number of nitrogens with zero attached hydrogens (tertiary/aromatic N) is 1. The van der Waals surface area contributed by atoms with E-state index in [0.717, 1.165) is 31.0 Å². The van der Waals surface area contributed by atoms with Crippen LogP contribution in [0.15, 0.2) is 0 Å². The highest BCUT2D eigenvalue weighted by Gasteiger charge is 2.31. The predicted molar refractivity (Wildman–Crippen MR) is 89.7 cm³/mol. The summed E-state index contributed by atoms with van der Waals surface area (Å²) < 4.78 is 5.86. The molecule has 2 rings (SSSR count). The first-order valence-electron chi connectivity index (χ1n) is 9.28. The number of hydrogen-bond donors (Lipinski definition) is 1. The Bertz CT molecular complexity index is 282. The van der Waals surface area contributed by atoms with Gasteiger partial charge in [0.05, 0.1) is 6.10 Å². The van der Waals surface area contributed by atoms with Crippen LogP contribution in [0.2, 0.25) is 0 Å². The fourth-order valence-corrected chi connectivity index (χ4v) is 4.50. The molecule has 0 amide bonds. The zero-order valence-corrected chi connectivity index (χ0v) is 14.4. The molecular weight excluding hydrogens is 260 g/mol. The lowest BCUT2D eigenvalue weighted by Crippen LogP contribution is -2.48. The Balaban J connectivity index is 1.85. The van der Waals surface area contributed by atoms with Crippen LogP contribution in [0.5, 0.6) is 0 Å². The minimum Gasteiger partial charge on any atom is -0.377 e. The molecule has 0 aromatic rings. The van der Waals surface area contributed by atoms with Crippen molar-refractivity contribution in [2.45, 2.75) is 70.9 Å². The quantitative estimate of drug-likeness (QED) is 0.780. The molecule has 0 aromatic carbocycles. The average molecular weight is 296 g/mol. The van der Waals surface area contributed by atoms with E-state index < -0.39 is 0 Å². The molecule has 2 aliphatic rings. The summed E-state index contributed by atoms with van der Waals surface area (Å²) in [6, 6.07) is 0.727. The van der Waals surface area contributed by atoms with Gasteiger partial charge in [0.25, 0.3) is 0 Å². The molecule has 4 atom stereocenters. The second-order valence-corrected chi connectivity index (χ2v) is 7.10. The molecule has 1 aliphatic carbocycles. The van der Waals surface area contributed by atoms with Crippen LogP contribution < -0.4 is 5.32 Å². The number of rotatable bonds is 7. The van der Waals surface area contributed by atoms with Gasteiger partial charge in [-0.1, -0.05) is 19.8 Å². The highest BCUT2D eigenvalue weighted by Crippen LogP contribution is 2.33. The van der Waals surface area contributed by atoms with E-state index in [-0.39, 0.29) is 0 Å². The second-order valence-electron chi connectivity index (χ2n) is 7.10. The highest BCUT2D eigenvalue weighted by atomic mass is 16.5. The molecule has 0 bridgehead atoms. The van der Waals surface area contributed by atoms with Crippen molar-refractivity contribution in [1.82, 2.24) is 10.2 Å². The van der Waals surface area contributed by atoms with E-state index in [0.29, 0.717) is 6.10 Å². The number of hydrogen-bond acceptors (Lipinski definition) is 3. The molecular formula is C18H36N2O. The Morgan fingerprint density at radius 2 is 2.05 bits per heavy atom. The van der Waals surface area contributed by atoms with Crippen molar-refractivity contribution in [3.05, 3.63) is 0 Å². The number of likely N-dealkylation sites (tertiary alicyclic amines) is 1. The van der Waals surface area contributed by atoms with Crippen LogP contribution in [0.25, 0.3) is 0 Å². The summed E-state index contributed by atoms with van der Waals surface area (Å²) in [5, 5.41) is 3.58. The molecule has 1 saturated carbocycles. The standard InChI is InChI=1S/C18H36N2O/c1-4-7-15-9-10-18(19-3)16(12-15)13-20-11-6-8-17(14-20)21-5-2/h15-19H,4-14H2,1-3H3. The van der Waals surface area contributed by atoms with E-state index in [2.05, 4.69) is 31.1 Å². The van der Waals surface area contributed by atoms with Crippen LogP contribution in [-0.4, -0.2) is 50.3 Å². The monoisotopic (exact) mass is 296 g/mol. The SMILES string of the molecule is CCCC1CCC(NC)C(CN2CCCC(OCC)C2)C1. The molecule has 1 N–H and O–H groups in total. The lowest BCUT2D eigenvalue weighted by atomic mass is 9.76. The molecule has 0 spiro atoms. The van der Waals surface area contributed by atoms with Gasteiger partial charge in [0, 0.05) is 25.7 Å². The average Bonchev–Trinajstić information content (AvgIpc) is 2.49. The first-order chi connectivity index (χ1) is 10.3. The maximum absolute atomic E-state index is 5.86. The third kappa shape index (κ3) is 5.22. The lowest BCUT2D eigenvalue weighted by molar-refractivity contribution is -0.00305. The van der Waals surface area contributed by atoms with E-state index in [1.165, 1.54) is 58.0 Å². The summed E-state index contributed by atoms with van der Waals surface area (Å²) in [6.07, 6.45) is 10.0.